The Bertz CT molecular complexity index is 1500. The number of halogens is 2. The van der Waals surface area contributed by atoms with Crippen LogP contribution in [-0.2, 0) is 14.3 Å². The van der Waals surface area contributed by atoms with Crippen LogP contribution in [0.1, 0.15) is 17.3 Å². The number of fused-ring (bicyclic) bond motifs is 1. The van der Waals surface area contributed by atoms with Crippen molar-refractivity contribution in [2.24, 2.45) is 0 Å². The van der Waals surface area contributed by atoms with Crippen molar-refractivity contribution >= 4 is 41.0 Å². The molecule has 2 fully saturated rings. The molecule has 2 saturated heterocycles. The molecule has 0 radical (unpaired) electrons. The van der Waals surface area contributed by atoms with Gasteiger partial charge in [-0.1, -0.05) is 0 Å². The van der Waals surface area contributed by atoms with Gasteiger partial charge in [0.25, 0.3) is 5.91 Å². The lowest BCUT2D eigenvalue weighted by Gasteiger charge is -2.37. The number of ether oxygens (including phenoxy) is 2. The Hall–Kier alpha value is -5.02. The minimum absolute atomic E-state index is 0.0233. The van der Waals surface area contributed by atoms with Gasteiger partial charge < -0.3 is 29.9 Å². The highest BCUT2D eigenvalue weighted by atomic mass is 19.1. The monoisotopic (exact) mass is 586 g/mol. The Balaban J connectivity index is 1.17. The number of alkyl carbamates (subject to hydrolysis) is 1. The summed E-state index contributed by atoms with van der Waals surface area (Å²) < 4.78 is 41.4. The maximum Gasteiger partial charge on any atom is 0.414 e. The highest BCUT2D eigenvalue weighted by Gasteiger charge is 2.35. The molecule has 16 heteroatoms. The van der Waals surface area contributed by atoms with E-state index in [9.17, 15) is 19.2 Å². The molecule has 4 heterocycles. The van der Waals surface area contributed by atoms with Gasteiger partial charge in [0.2, 0.25) is 5.91 Å². The van der Waals surface area contributed by atoms with Gasteiger partial charge in [-0.25, -0.2) is 27.9 Å². The number of piperazine rings is 1. The lowest BCUT2D eigenvalue weighted by atomic mass is 10.1. The lowest BCUT2D eigenvalue weighted by Crippen LogP contribution is -2.54. The van der Waals surface area contributed by atoms with Crippen molar-refractivity contribution in [2.75, 3.05) is 56.2 Å². The Morgan fingerprint density at radius 3 is 2.57 bits per heavy atom. The van der Waals surface area contributed by atoms with E-state index < -0.39 is 41.9 Å². The molecule has 2 atom stereocenters. The molecule has 2 N–H and O–H groups in total. The molecular formula is C26H28F2N8O6. The average Bonchev–Trinajstić information content (AvgIpc) is 3.58. The fourth-order valence-corrected chi connectivity index (χ4v) is 4.87. The van der Waals surface area contributed by atoms with Crippen LogP contribution < -0.4 is 20.4 Å². The van der Waals surface area contributed by atoms with E-state index >= 15 is 8.78 Å². The largest absolute Gasteiger partial charge is 0.453 e. The number of aromatic nitrogens is 3. The molecule has 0 spiro atoms. The third-order valence-electron chi connectivity index (χ3n) is 7.00. The minimum atomic E-state index is -0.878. The quantitative estimate of drug-likeness (QED) is 0.416. The van der Waals surface area contributed by atoms with E-state index in [0.29, 0.717) is 5.65 Å². The number of nitrogens with one attached hydrogen (secondary N) is 2. The number of hydrogen-bond acceptors (Lipinski definition) is 9. The Kier molecular flexibility index (Phi) is 8.04. The summed E-state index contributed by atoms with van der Waals surface area (Å²) in [4.78, 5) is 57.5. The van der Waals surface area contributed by atoms with E-state index in [1.165, 1.54) is 33.8 Å². The highest BCUT2D eigenvalue weighted by molar-refractivity contribution is 6.01. The molecule has 1 aromatic carbocycles. The Morgan fingerprint density at radius 1 is 1.17 bits per heavy atom. The third-order valence-corrected chi connectivity index (χ3v) is 7.00. The molecule has 2 aromatic heterocycles. The standard InChI is InChI=1S/C26H28F2N8O6/c1-15(32-23(37)18-13-31-36-5-3-4-29-22(18)36)24(38)34-8-6-33(7-9-34)21-19(27)10-16(11-20(21)28)35-14-17(42-26(35)40)12-30-25(39)41-2/h3-5,10-11,13,15,17H,6-9,12,14H2,1-2H3,(H,30,39)(H,32,37)/t15-,17?/m0/s1. The molecule has 2 aliphatic heterocycles. The third kappa shape index (κ3) is 5.73. The van der Waals surface area contributed by atoms with Gasteiger partial charge in [0, 0.05) is 50.7 Å². The number of methoxy groups -OCH3 is 1. The zero-order chi connectivity index (χ0) is 30.0. The second-order valence-corrected chi connectivity index (χ2v) is 9.70. The summed E-state index contributed by atoms with van der Waals surface area (Å²) in [6.07, 6.45) is 2.32. The van der Waals surface area contributed by atoms with Crippen molar-refractivity contribution in [3.8, 4) is 0 Å². The van der Waals surface area contributed by atoms with Crippen molar-refractivity contribution in [3.63, 3.8) is 0 Å². The number of amides is 4. The maximum atomic E-state index is 15.2. The zero-order valence-corrected chi connectivity index (χ0v) is 22.8. The second-order valence-electron chi connectivity index (χ2n) is 9.70. The summed E-state index contributed by atoms with van der Waals surface area (Å²) in [5, 5.41) is 9.14. The number of cyclic esters (lactones) is 1. The van der Waals surface area contributed by atoms with Crippen LogP contribution in [0.2, 0.25) is 0 Å². The molecule has 1 unspecified atom stereocenters. The average molecular weight is 587 g/mol. The van der Waals surface area contributed by atoms with E-state index in [1.54, 1.807) is 19.2 Å². The van der Waals surface area contributed by atoms with Crippen LogP contribution in [0.25, 0.3) is 5.65 Å². The van der Waals surface area contributed by atoms with Gasteiger partial charge in [0.15, 0.2) is 17.3 Å². The molecule has 42 heavy (non-hydrogen) atoms. The van der Waals surface area contributed by atoms with Gasteiger partial charge in [-0.15, -0.1) is 0 Å². The van der Waals surface area contributed by atoms with Crippen LogP contribution in [0.5, 0.6) is 0 Å². The molecule has 14 nitrogen and oxygen atoms in total. The SMILES string of the molecule is COC(=O)NCC1CN(c2cc(F)c(N3CCN(C(=O)[C@H](C)NC(=O)c4cnn5cccnc45)CC3)c(F)c2)C(=O)O1. The van der Waals surface area contributed by atoms with Gasteiger partial charge >= 0.3 is 12.2 Å². The van der Waals surface area contributed by atoms with Crippen molar-refractivity contribution in [2.45, 2.75) is 19.1 Å². The molecule has 4 amide bonds. The van der Waals surface area contributed by atoms with Crippen LogP contribution in [0.15, 0.2) is 36.8 Å². The number of carbonyl (C=O) groups is 4. The van der Waals surface area contributed by atoms with Crippen molar-refractivity contribution < 1.29 is 37.4 Å². The summed E-state index contributed by atoms with van der Waals surface area (Å²) in [5.74, 6) is -2.60. The second kappa shape index (κ2) is 11.8. The van der Waals surface area contributed by atoms with Gasteiger partial charge in [0.1, 0.15) is 23.4 Å². The molecule has 3 aromatic rings. The number of hydrogen-bond donors (Lipinski definition) is 2. The molecule has 2 aliphatic rings. The van der Waals surface area contributed by atoms with Crippen LogP contribution in [0, 0.1) is 11.6 Å². The van der Waals surface area contributed by atoms with E-state index in [4.69, 9.17) is 4.74 Å². The van der Waals surface area contributed by atoms with Crippen LogP contribution >= 0.6 is 0 Å². The maximum absolute atomic E-state index is 15.2. The number of nitrogens with zero attached hydrogens (tertiary/aromatic N) is 6. The zero-order valence-electron chi connectivity index (χ0n) is 22.8. The Labute approximate surface area is 238 Å². The minimum Gasteiger partial charge on any atom is -0.453 e. The number of rotatable bonds is 7. The molecule has 0 bridgehead atoms. The Morgan fingerprint density at radius 2 is 1.88 bits per heavy atom. The number of carbonyl (C=O) groups excluding carboxylic acids is 4. The molecule has 0 aliphatic carbocycles. The number of benzene rings is 1. The van der Waals surface area contributed by atoms with E-state index in [-0.39, 0.29) is 62.1 Å². The van der Waals surface area contributed by atoms with Gasteiger partial charge in [-0.2, -0.15) is 5.10 Å². The lowest BCUT2D eigenvalue weighted by molar-refractivity contribution is -0.133. The summed E-state index contributed by atoms with van der Waals surface area (Å²) in [6.45, 7) is 2.14. The molecule has 0 saturated carbocycles. The van der Waals surface area contributed by atoms with Gasteiger partial charge in [0.05, 0.1) is 32.1 Å². The normalized spacial score (nSPS) is 17.7. The van der Waals surface area contributed by atoms with Crippen molar-refractivity contribution in [1.82, 2.24) is 30.1 Å². The predicted molar refractivity (Wildman–Crippen MR) is 143 cm³/mol. The summed E-state index contributed by atoms with van der Waals surface area (Å²) in [7, 11) is 1.19. The first-order chi connectivity index (χ1) is 20.2. The summed E-state index contributed by atoms with van der Waals surface area (Å²) >= 11 is 0. The van der Waals surface area contributed by atoms with Gasteiger partial charge in [-0.3, -0.25) is 14.5 Å². The van der Waals surface area contributed by atoms with Crippen LogP contribution in [-0.4, -0.2) is 102 Å². The van der Waals surface area contributed by atoms with E-state index in [0.717, 1.165) is 17.0 Å². The molecule has 5 rings (SSSR count). The molecular weight excluding hydrogens is 558 g/mol. The smallest absolute Gasteiger partial charge is 0.414 e. The highest BCUT2D eigenvalue weighted by Crippen LogP contribution is 2.31. The van der Waals surface area contributed by atoms with Crippen LogP contribution in [0.3, 0.4) is 0 Å². The summed E-state index contributed by atoms with van der Waals surface area (Å²) in [5.41, 5.74) is 0.281. The predicted octanol–water partition coefficient (Wildman–Crippen LogP) is 1.16. The first-order valence-electron chi connectivity index (χ1n) is 13.1. The van der Waals surface area contributed by atoms with Crippen molar-refractivity contribution in [3.05, 3.63) is 54.0 Å². The van der Waals surface area contributed by atoms with E-state index in [1.807, 2.05) is 0 Å². The number of anilines is 2. The van der Waals surface area contributed by atoms with E-state index in [2.05, 4.69) is 25.5 Å². The fraction of sp³-hybridized carbons (Fsp3) is 0.385. The van der Waals surface area contributed by atoms with Crippen LogP contribution in [0.4, 0.5) is 29.7 Å². The fourth-order valence-electron chi connectivity index (χ4n) is 4.87. The topological polar surface area (TPSA) is 151 Å². The summed E-state index contributed by atoms with van der Waals surface area (Å²) in [6, 6.07) is 2.90. The first-order valence-corrected chi connectivity index (χ1v) is 13.1. The van der Waals surface area contributed by atoms with Crippen molar-refractivity contribution in [1.29, 1.82) is 0 Å². The molecule has 222 valence electrons. The first kappa shape index (κ1) is 28.5. The van der Waals surface area contributed by atoms with Gasteiger partial charge in [-0.05, 0) is 13.0 Å².